The van der Waals surface area contributed by atoms with Gasteiger partial charge >= 0.3 is 0 Å². The lowest BCUT2D eigenvalue weighted by molar-refractivity contribution is 0.0867. The first kappa shape index (κ1) is 20.0. The molecule has 1 fully saturated rings. The lowest BCUT2D eigenvalue weighted by Gasteiger charge is -2.28. The van der Waals surface area contributed by atoms with Crippen LogP contribution >= 0.6 is 0 Å². The third-order valence-corrected chi connectivity index (χ3v) is 5.20. The zero-order chi connectivity index (χ0) is 21.3. The predicted molar refractivity (Wildman–Crippen MR) is 110 cm³/mol. The number of carbonyl (C=O) groups is 1. The largest absolute Gasteiger partial charge is 0.445 e. The summed E-state index contributed by atoms with van der Waals surface area (Å²) in [5.74, 6) is 1.18. The van der Waals surface area contributed by atoms with Gasteiger partial charge in [0.25, 0.3) is 11.8 Å². The van der Waals surface area contributed by atoms with Crippen LogP contribution < -0.4 is 20.1 Å². The van der Waals surface area contributed by atoms with Crippen molar-refractivity contribution >= 4 is 11.6 Å². The number of aromatic nitrogens is 1. The Labute approximate surface area is 174 Å². The number of aliphatic hydroxyl groups excluding tert-OH is 1. The van der Waals surface area contributed by atoms with Crippen molar-refractivity contribution < 1.29 is 19.4 Å². The molecule has 1 aliphatic carbocycles. The number of benzene rings is 1. The number of hydrogen-bond acceptors (Lipinski definition) is 7. The highest BCUT2D eigenvalue weighted by Gasteiger charge is 2.29. The Kier molecular flexibility index (Phi) is 5.46. The minimum absolute atomic E-state index is 0.0138. The van der Waals surface area contributed by atoms with Gasteiger partial charge in [0.2, 0.25) is 5.75 Å². The summed E-state index contributed by atoms with van der Waals surface area (Å²) in [6, 6.07) is 7.02. The van der Waals surface area contributed by atoms with Crippen LogP contribution in [0.3, 0.4) is 0 Å². The molecule has 0 spiro atoms. The monoisotopic (exact) mass is 408 g/mol. The summed E-state index contributed by atoms with van der Waals surface area (Å²) in [6.45, 7) is 3.92. The molecule has 2 aromatic rings. The van der Waals surface area contributed by atoms with Crippen molar-refractivity contribution in [3.05, 3.63) is 35.5 Å². The summed E-state index contributed by atoms with van der Waals surface area (Å²) in [5.41, 5.74) is 1.30. The zero-order valence-corrected chi connectivity index (χ0v) is 16.9. The fourth-order valence-electron chi connectivity index (χ4n) is 3.69. The Morgan fingerprint density at radius 2 is 2.00 bits per heavy atom. The first-order chi connectivity index (χ1) is 14.4. The molecule has 1 aromatic heterocycles. The number of carbonyl (C=O) groups excluding carboxylic acids is 1. The van der Waals surface area contributed by atoms with E-state index in [4.69, 9.17) is 14.7 Å². The maximum Gasteiger partial charge on any atom is 0.265 e. The molecule has 1 amide bonds. The Hall–Kier alpha value is -3.31. The first-order valence-electron chi connectivity index (χ1n) is 10.1. The van der Waals surface area contributed by atoms with Crippen molar-refractivity contribution in [2.75, 3.05) is 5.32 Å². The molecule has 1 aliphatic heterocycles. The van der Waals surface area contributed by atoms with Crippen LogP contribution in [0.2, 0.25) is 0 Å². The third-order valence-electron chi connectivity index (χ3n) is 5.20. The fraction of sp³-hybridized carbons (Fsp3) is 0.409. The molecule has 0 bridgehead atoms. The molecule has 3 N–H and O–H groups in total. The second-order valence-electron chi connectivity index (χ2n) is 7.94. The van der Waals surface area contributed by atoms with Crippen molar-refractivity contribution in [1.82, 2.24) is 10.3 Å². The molecule has 0 saturated heterocycles. The van der Waals surface area contributed by atoms with Gasteiger partial charge in [-0.2, -0.15) is 5.26 Å². The van der Waals surface area contributed by atoms with E-state index in [-0.39, 0.29) is 30.0 Å². The van der Waals surface area contributed by atoms with Gasteiger partial charge in [-0.1, -0.05) is 0 Å². The van der Waals surface area contributed by atoms with Gasteiger partial charge in [-0.25, -0.2) is 4.98 Å². The van der Waals surface area contributed by atoms with Gasteiger partial charge in [0.05, 0.1) is 29.0 Å². The van der Waals surface area contributed by atoms with Crippen LogP contribution in [0.5, 0.6) is 23.1 Å². The van der Waals surface area contributed by atoms with E-state index in [0.717, 1.165) is 12.8 Å². The molecule has 0 atom stereocenters. The van der Waals surface area contributed by atoms with Crippen molar-refractivity contribution in [1.29, 1.82) is 5.26 Å². The molecule has 0 unspecified atom stereocenters. The number of nitrogens with zero attached hydrogens (tertiary/aromatic N) is 2. The highest BCUT2D eigenvalue weighted by molar-refractivity contribution is 6.01. The quantitative estimate of drug-likeness (QED) is 0.602. The van der Waals surface area contributed by atoms with Crippen LogP contribution in [-0.4, -0.2) is 34.2 Å². The van der Waals surface area contributed by atoms with Crippen LogP contribution in [0.25, 0.3) is 0 Å². The first-order valence-corrected chi connectivity index (χ1v) is 10.1. The van der Waals surface area contributed by atoms with Crippen molar-refractivity contribution in [2.45, 2.75) is 57.7 Å². The number of ether oxygens (including phenoxy) is 2. The number of pyridine rings is 1. The molecular formula is C22H24N4O4. The number of rotatable bonds is 4. The molecule has 1 saturated carbocycles. The Morgan fingerprint density at radius 3 is 2.70 bits per heavy atom. The minimum atomic E-state index is -0.286. The SMILES string of the molecule is CC(C)Nc1c(C(=O)N[C@H]2CC[C@H](O)CC2)cnc2c1Oc1cc(C#N)ccc1O2. The van der Waals surface area contributed by atoms with E-state index < -0.39 is 0 Å². The number of hydrogen-bond donors (Lipinski definition) is 3. The minimum Gasteiger partial charge on any atom is -0.445 e. The van der Waals surface area contributed by atoms with E-state index in [1.807, 2.05) is 13.8 Å². The Morgan fingerprint density at radius 1 is 1.23 bits per heavy atom. The molecule has 156 valence electrons. The summed E-state index contributed by atoms with van der Waals surface area (Å²) >= 11 is 0. The Bertz CT molecular complexity index is 1010. The summed E-state index contributed by atoms with van der Waals surface area (Å²) < 4.78 is 11.9. The van der Waals surface area contributed by atoms with Crippen LogP contribution in [-0.2, 0) is 0 Å². The van der Waals surface area contributed by atoms with Gasteiger partial charge in [0.1, 0.15) is 0 Å². The molecule has 8 heteroatoms. The topological polar surface area (TPSA) is 117 Å². The standard InChI is InChI=1S/C22H24N4O4/c1-12(2)25-19-16(21(28)26-14-4-6-15(27)7-5-14)11-24-22-20(19)29-18-9-13(10-23)3-8-17(18)30-22/h3,8-9,11-12,14-15,27H,4-7H2,1-2H3,(H,24,25)(H,26,28)/t14-,15-. The number of aliphatic hydroxyl groups is 1. The number of anilines is 1. The highest BCUT2D eigenvalue weighted by Crippen LogP contribution is 2.49. The van der Waals surface area contributed by atoms with Crippen molar-refractivity contribution in [3.63, 3.8) is 0 Å². The van der Waals surface area contributed by atoms with Crippen LogP contribution in [0.15, 0.2) is 24.4 Å². The predicted octanol–water partition coefficient (Wildman–Crippen LogP) is 3.70. The van der Waals surface area contributed by atoms with Gasteiger partial charge in [0.15, 0.2) is 11.5 Å². The van der Waals surface area contributed by atoms with E-state index in [1.54, 1.807) is 18.2 Å². The highest BCUT2D eigenvalue weighted by atomic mass is 16.6. The summed E-state index contributed by atoms with van der Waals surface area (Å²) in [7, 11) is 0. The average molecular weight is 408 g/mol. The lowest BCUT2D eigenvalue weighted by atomic mass is 9.93. The van der Waals surface area contributed by atoms with Gasteiger partial charge in [-0.15, -0.1) is 0 Å². The number of nitrogens with one attached hydrogen (secondary N) is 2. The van der Waals surface area contributed by atoms with E-state index >= 15 is 0 Å². The van der Waals surface area contributed by atoms with Gasteiger partial charge in [-0.05, 0) is 51.7 Å². The normalized spacial score (nSPS) is 19.6. The Balaban J connectivity index is 1.65. The molecule has 1 aromatic carbocycles. The van der Waals surface area contributed by atoms with Gasteiger partial charge in [0, 0.05) is 24.3 Å². The van der Waals surface area contributed by atoms with Crippen LogP contribution in [0.1, 0.15) is 55.5 Å². The van der Waals surface area contributed by atoms with E-state index in [9.17, 15) is 9.90 Å². The summed E-state index contributed by atoms with van der Waals surface area (Å²) in [5, 5.41) is 25.2. The fourth-order valence-corrected chi connectivity index (χ4v) is 3.69. The number of nitriles is 1. The molecule has 2 aliphatic rings. The molecule has 2 heterocycles. The smallest absolute Gasteiger partial charge is 0.265 e. The van der Waals surface area contributed by atoms with Crippen molar-refractivity contribution in [3.8, 4) is 29.2 Å². The zero-order valence-electron chi connectivity index (χ0n) is 16.9. The molecular weight excluding hydrogens is 384 g/mol. The lowest BCUT2D eigenvalue weighted by Crippen LogP contribution is -2.39. The van der Waals surface area contributed by atoms with Gasteiger partial charge in [-0.3, -0.25) is 4.79 Å². The second-order valence-corrected chi connectivity index (χ2v) is 7.94. The summed E-state index contributed by atoms with van der Waals surface area (Å²) in [4.78, 5) is 17.3. The molecule has 4 rings (SSSR count). The second kappa shape index (κ2) is 8.20. The number of fused-ring (bicyclic) bond motifs is 2. The maximum absolute atomic E-state index is 13.0. The van der Waals surface area contributed by atoms with E-state index in [2.05, 4.69) is 21.7 Å². The average Bonchev–Trinajstić information content (AvgIpc) is 2.73. The molecule has 30 heavy (non-hydrogen) atoms. The van der Waals surface area contributed by atoms with E-state index in [1.165, 1.54) is 6.20 Å². The summed E-state index contributed by atoms with van der Waals surface area (Å²) in [6.07, 6.45) is 4.03. The number of amides is 1. The molecule has 8 nitrogen and oxygen atoms in total. The molecule has 0 radical (unpaired) electrons. The van der Waals surface area contributed by atoms with Crippen molar-refractivity contribution in [2.24, 2.45) is 0 Å². The van der Waals surface area contributed by atoms with Crippen LogP contribution in [0, 0.1) is 11.3 Å². The maximum atomic E-state index is 13.0. The van der Waals surface area contributed by atoms with E-state index in [0.29, 0.717) is 46.9 Å². The van der Waals surface area contributed by atoms with Gasteiger partial charge < -0.3 is 25.2 Å². The third kappa shape index (κ3) is 4.02. The van der Waals surface area contributed by atoms with Crippen LogP contribution in [0.4, 0.5) is 5.69 Å².